The number of halogens is 3. The molecular formula is C17H13ClF2N2O2. The number of benzene rings is 2. The number of hydrogen-bond acceptors (Lipinski definition) is 2. The number of amides is 2. The lowest BCUT2D eigenvalue weighted by Gasteiger charge is -2.15. The Balaban J connectivity index is 1.70. The average molecular weight is 351 g/mol. The van der Waals surface area contributed by atoms with Gasteiger partial charge in [0.2, 0.25) is 11.8 Å². The molecule has 1 fully saturated rings. The third-order valence-corrected chi connectivity index (χ3v) is 4.19. The molecule has 0 unspecified atom stereocenters. The van der Waals surface area contributed by atoms with Gasteiger partial charge in [-0.05, 0) is 55.3 Å². The van der Waals surface area contributed by atoms with E-state index in [2.05, 4.69) is 10.6 Å². The Kier molecular flexibility index (Phi) is 4.24. The molecule has 24 heavy (non-hydrogen) atoms. The summed E-state index contributed by atoms with van der Waals surface area (Å²) in [4.78, 5) is 24.8. The van der Waals surface area contributed by atoms with E-state index in [1.165, 1.54) is 36.4 Å². The van der Waals surface area contributed by atoms with Crippen molar-refractivity contribution in [3.05, 3.63) is 59.1 Å². The van der Waals surface area contributed by atoms with Crippen molar-refractivity contribution in [3.8, 4) is 0 Å². The molecule has 3 rings (SSSR count). The van der Waals surface area contributed by atoms with E-state index in [1.807, 2.05) is 0 Å². The molecule has 4 nitrogen and oxygen atoms in total. The second-order valence-corrected chi connectivity index (χ2v) is 6.03. The van der Waals surface area contributed by atoms with Crippen LogP contribution in [0, 0.1) is 17.0 Å². The van der Waals surface area contributed by atoms with Crippen molar-refractivity contribution in [2.45, 2.75) is 12.8 Å². The normalized spacial score (nSPS) is 14.8. The van der Waals surface area contributed by atoms with Crippen molar-refractivity contribution in [1.29, 1.82) is 0 Å². The molecule has 1 saturated carbocycles. The number of rotatable bonds is 4. The van der Waals surface area contributed by atoms with Crippen LogP contribution in [0.2, 0.25) is 5.02 Å². The molecule has 2 amide bonds. The smallest absolute Gasteiger partial charge is 0.240 e. The van der Waals surface area contributed by atoms with Gasteiger partial charge in [0.25, 0.3) is 0 Å². The summed E-state index contributed by atoms with van der Waals surface area (Å²) in [6.45, 7) is 0. The van der Waals surface area contributed by atoms with Crippen LogP contribution in [0.5, 0.6) is 0 Å². The molecule has 124 valence electrons. The van der Waals surface area contributed by atoms with Crippen LogP contribution in [0.1, 0.15) is 12.8 Å². The summed E-state index contributed by atoms with van der Waals surface area (Å²) in [6.07, 6.45) is 0.807. The van der Waals surface area contributed by atoms with Gasteiger partial charge in [0.05, 0.1) is 5.02 Å². The van der Waals surface area contributed by atoms with Crippen molar-refractivity contribution in [3.63, 3.8) is 0 Å². The fourth-order valence-electron chi connectivity index (χ4n) is 2.29. The summed E-state index contributed by atoms with van der Waals surface area (Å²) in [5.74, 6) is -1.95. The zero-order valence-electron chi connectivity index (χ0n) is 12.4. The molecule has 1 aliphatic rings. The van der Waals surface area contributed by atoms with Gasteiger partial charge in [-0.2, -0.15) is 0 Å². The van der Waals surface area contributed by atoms with Crippen LogP contribution in [0.4, 0.5) is 20.2 Å². The molecule has 0 atom stereocenters. The van der Waals surface area contributed by atoms with Crippen molar-refractivity contribution < 1.29 is 18.4 Å². The van der Waals surface area contributed by atoms with Gasteiger partial charge >= 0.3 is 0 Å². The van der Waals surface area contributed by atoms with Gasteiger partial charge in [0.1, 0.15) is 17.0 Å². The SMILES string of the molecule is O=C(Nc1ccc(F)cc1)C1(C(=O)Nc2ccc(F)c(Cl)c2)CC1. The molecule has 1 aliphatic carbocycles. The molecule has 0 heterocycles. The molecule has 2 aromatic rings. The summed E-state index contributed by atoms with van der Waals surface area (Å²) in [6, 6.07) is 9.05. The number of anilines is 2. The highest BCUT2D eigenvalue weighted by Crippen LogP contribution is 2.47. The minimum atomic E-state index is -1.17. The third-order valence-electron chi connectivity index (χ3n) is 3.90. The topological polar surface area (TPSA) is 58.2 Å². The average Bonchev–Trinajstić information content (AvgIpc) is 3.35. The van der Waals surface area contributed by atoms with Gasteiger partial charge in [-0.15, -0.1) is 0 Å². The number of nitrogens with one attached hydrogen (secondary N) is 2. The minimum Gasteiger partial charge on any atom is -0.325 e. The van der Waals surface area contributed by atoms with Crippen LogP contribution < -0.4 is 10.6 Å². The van der Waals surface area contributed by atoms with E-state index in [9.17, 15) is 18.4 Å². The van der Waals surface area contributed by atoms with E-state index in [4.69, 9.17) is 11.6 Å². The van der Waals surface area contributed by atoms with E-state index in [0.29, 0.717) is 24.2 Å². The Morgan fingerprint density at radius 3 is 2.00 bits per heavy atom. The first-order valence-electron chi connectivity index (χ1n) is 7.24. The summed E-state index contributed by atoms with van der Waals surface area (Å²) < 4.78 is 26.0. The van der Waals surface area contributed by atoms with Gasteiger partial charge < -0.3 is 10.6 Å². The lowest BCUT2D eigenvalue weighted by molar-refractivity contribution is -0.131. The van der Waals surface area contributed by atoms with Crippen LogP contribution in [0.25, 0.3) is 0 Å². The van der Waals surface area contributed by atoms with E-state index in [1.54, 1.807) is 0 Å². The third kappa shape index (κ3) is 3.23. The van der Waals surface area contributed by atoms with E-state index in [-0.39, 0.29) is 5.02 Å². The molecule has 0 saturated heterocycles. The number of carbonyl (C=O) groups is 2. The van der Waals surface area contributed by atoms with Gasteiger partial charge in [-0.3, -0.25) is 9.59 Å². The van der Waals surface area contributed by atoms with Gasteiger partial charge in [-0.1, -0.05) is 11.6 Å². The fraction of sp³-hybridized carbons (Fsp3) is 0.176. The van der Waals surface area contributed by atoms with Crippen LogP contribution in [-0.4, -0.2) is 11.8 Å². The highest BCUT2D eigenvalue weighted by atomic mass is 35.5. The largest absolute Gasteiger partial charge is 0.325 e. The highest BCUT2D eigenvalue weighted by molar-refractivity contribution is 6.31. The predicted molar refractivity (Wildman–Crippen MR) is 86.7 cm³/mol. The molecule has 0 radical (unpaired) electrons. The Bertz CT molecular complexity index is 805. The standard InChI is InChI=1S/C17H13ClF2N2O2/c18-13-9-12(5-6-14(13)20)22-16(24)17(7-8-17)15(23)21-11-3-1-10(19)2-4-11/h1-6,9H,7-8H2,(H,21,23)(H,22,24). The van der Waals surface area contributed by atoms with E-state index >= 15 is 0 Å². The number of carbonyl (C=O) groups excluding carboxylic acids is 2. The monoisotopic (exact) mass is 350 g/mol. The maximum atomic E-state index is 13.1. The Hall–Kier alpha value is -2.47. The van der Waals surface area contributed by atoms with Crippen LogP contribution >= 0.6 is 11.6 Å². The molecule has 7 heteroatoms. The van der Waals surface area contributed by atoms with Gasteiger partial charge in [0.15, 0.2) is 0 Å². The fourth-order valence-corrected chi connectivity index (χ4v) is 2.47. The van der Waals surface area contributed by atoms with E-state index < -0.39 is 28.9 Å². The predicted octanol–water partition coefficient (Wildman–Crippen LogP) is 3.98. The van der Waals surface area contributed by atoms with Crippen molar-refractivity contribution in [2.24, 2.45) is 5.41 Å². The summed E-state index contributed by atoms with van der Waals surface area (Å²) >= 11 is 5.67. The second-order valence-electron chi connectivity index (χ2n) is 5.63. The van der Waals surface area contributed by atoms with Gasteiger partial charge in [-0.25, -0.2) is 8.78 Å². The Labute approximate surface area is 141 Å². The molecule has 0 aliphatic heterocycles. The first-order valence-corrected chi connectivity index (χ1v) is 7.62. The first-order chi connectivity index (χ1) is 11.4. The minimum absolute atomic E-state index is 0.117. The lowest BCUT2D eigenvalue weighted by atomic mass is 10.0. The quantitative estimate of drug-likeness (QED) is 0.819. The van der Waals surface area contributed by atoms with Crippen LogP contribution in [0.3, 0.4) is 0 Å². The Morgan fingerprint density at radius 2 is 1.46 bits per heavy atom. The summed E-state index contributed by atoms with van der Waals surface area (Å²) in [5.41, 5.74) is -0.451. The van der Waals surface area contributed by atoms with Crippen molar-refractivity contribution in [1.82, 2.24) is 0 Å². The summed E-state index contributed by atoms with van der Waals surface area (Å²) in [5, 5.41) is 5.07. The highest BCUT2D eigenvalue weighted by Gasteiger charge is 2.56. The lowest BCUT2D eigenvalue weighted by Crippen LogP contribution is -2.35. The van der Waals surface area contributed by atoms with Crippen molar-refractivity contribution >= 4 is 34.8 Å². The Morgan fingerprint density at radius 1 is 0.917 bits per heavy atom. The molecule has 2 aromatic carbocycles. The van der Waals surface area contributed by atoms with Crippen LogP contribution in [0.15, 0.2) is 42.5 Å². The second kappa shape index (κ2) is 6.20. The maximum Gasteiger partial charge on any atom is 0.240 e. The molecule has 0 aromatic heterocycles. The van der Waals surface area contributed by atoms with Crippen LogP contribution in [-0.2, 0) is 9.59 Å². The molecule has 2 N–H and O–H groups in total. The zero-order valence-corrected chi connectivity index (χ0v) is 13.2. The molecule has 0 spiro atoms. The van der Waals surface area contributed by atoms with E-state index in [0.717, 1.165) is 6.07 Å². The zero-order chi connectivity index (χ0) is 17.3. The van der Waals surface area contributed by atoms with Gasteiger partial charge in [0, 0.05) is 11.4 Å². The first kappa shape index (κ1) is 16.4. The van der Waals surface area contributed by atoms with Crippen molar-refractivity contribution in [2.75, 3.05) is 10.6 Å². The molecule has 0 bridgehead atoms. The summed E-state index contributed by atoms with van der Waals surface area (Å²) in [7, 11) is 0. The maximum absolute atomic E-state index is 13.1. The number of hydrogen-bond donors (Lipinski definition) is 2. The molecular weight excluding hydrogens is 338 g/mol.